The van der Waals surface area contributed by atoms with E-state index < -0.39 is 6.10 Å². The molecule has 0 aliphatic rings. The van der Waals surface area contributed by atoms with Gasteiger partial charge in [0.05, 0.1) is 6.10 Å². The van der Waals surface area contributed by atoms with Gasteiger partial charge in [-0.15, -0.1) is 0 Å². The van der Waals surface area contributed by atoms with Gasteiger partial charge in [0.15, 0.2) is 0 Å². The van der Waals surface area contributed by atoms with Crippen LogP contribution >= 0.6 is 0 Å². The normalized spacial score (nSPS) is 14.3. The van der Waals surface area contributed by atoms with E-state index >= 15 is 0 Å². The summed E-state index contributed by atoms with van der Waals surface area (Å²) in [5, 5.41) is 10.4. The monoisotopic (exact) mass is 255 g/mol. The van der Waals surface area contributed by atoms with Crippen molar-refractivity contribution in [1.29, 1.82) is 0 Å². The highest BCUT2D eigenvalue weighted by Gasteiger charge is 2.20. The van der Waals surface area contributed by atoms with E-state index in [1.807, 2.05) is 55.6 Å². The second-order valence-corrected chi connectivity index (χ2v) is 5.00. The zero-order chi connectivity index (χ0) is 13.7. The van der Waals surface area contributed by atoms with Crippen molar-refractivity contribution in [2.45, 2.75) is 25.6 Å². The Morgan fingerprint density at radius 2 is 1.47 bits per heavy atom. The maximum absolute atomic E-state index is 10.4. The molecule has 0 aromatic heterocycles. The van der Waals surface area contributed by atoms with Gasteiger partial charge in [0.2, 0.25) is 0 Å². The molecule has 0 unspecified atom stereocenters. The standard InChI is InChI=1S/C17H21NO/c1-14(17(19)16-11-7-4-8-12-16)18(2)13-15-9-5-3-6-10-15/h3-12,14,17,19H,13H2,1-2H3/t14-,17+/m0/s1. The Bertz CT molecular complexity index is 483. The predicted octanol–water partition coefficient (Wildman–Crippen LogP) is 3.24. The average Bonchev–Trinajstić information content (AvgIpc) is 2.47. The van der Waals surface area contributed by atoms with Crippen molar-refractivity contribution in [3.63, 3.8) is 0 Å². The van der Waals surface area contributed by atoms with E-state index in [1.165, 1.54) is 5.56 Å². The second-order valence-electron chi connectivity index (χ2n) is 5.00. The fourth-order valence-corrected chi connectivity index (χ4v) is 2.19. The van der Waals surface area contributed by atoms with Crippen molar-refractivity contribution in [3.05, 3.63) is 71.8 Å². The SMILES string of the molecule is C[C@@H]([C@@H](O)c1ccccc1)N(C)Cc1ccccc1. The lowest BCUT2D eigenvalue weighted by Gasteiger charge is -2.29. The van der Waals surface area contributed by atoms with Gasteiger partial charge >= 0.3 is 0 Å². The van der Waals surface area contributed by atoms with Crippen LogP contribution < -0.4 is 0 Å². The first-order chi connectivity index (χ1) is 9.18. The Hall–Kier alpha value is -1.64. The lowest BCUT2D eigenvalue weighted by molar-refractivity contribution is 0.0688. The zero-order valence-electron chi connectivity index (χ0n) is 11.5. The number of hydrogen-bond donors (Lipinski definition) is 1. The van der Waals surface area contributed by atoms with E-state index in [2.05, 4.69) is 24.0 Å². The first kappa shape index (κ1) is 13.8. The van der Waals surface area contributed by atoms with Gasteiger partial charge in [-0.05, 0) is 25.1 Å². The van der Waals surface area contributed by atoms with Gasteiger partial charge in [-0.2, -0.15) is 0 Å². The minimum Gasteiger partial charge on any atom is -0.387 e. The molecule has 0 heterocycles. The predicted molar refractivity (Wildman–Crippen MR) is 78.8 cm³/mol. The lowest BCUT2D eigenvalue weighted by Crippen LogP contribution is -2.33. The van der Waals surface area contributed by atoms with Crippen LogP contribution in [0.15, 0.2) is 60.7 Å². The molecule has 2 aromatic carbocycles. The Morgan fingerprint density at radius 3 is 2.05 bits per heavy atom. The highest BCUT2D eigenvalue weighted by molar-refractivity contribution is 5.19. The molecule has 0 bridgehead atoms. The van der Waals surface area contributed by atoms with E-state index in [9.17, 15) is 5.11 Å². The van der Waals surface area contributed by atoms with Crippen LogP contribution in [0.2, 0.25) is 0 Å². The van der Waals surface area contributed by atoms with E-state index in [0.717, 1.165) is 12.1 Å². The molecule has 100 valence electrons. The van der Waals surface area contributed by atoms with Crippen LogP contribution in [-0.4, -0.2) is 23.1 Å². The maximum Gasteiger partial charge on any atom is 0.0942 e. The molecule has 0 saturated carbocycles. The minimum absolute atomic E-state index is 0.0719. The molecule has 2 atom stereocenters. The molecule has 0 spiro atoms. The molecule has 0 aliphatic heterocycles. The fraction of sp³-hybridized carbons (Fsp3) is 0.294. The molecule has 0 radical (unpaired) electrons. The number of nitrogens with zero attached hydrogens (tertiary/aromatic N) is 1. The molecule has 2 heteroatoms. The summed E-state index contributed by atoms with van der Waals surface area (Å²) in [4.78, 5) is 2.17. The largest absolute Gasteiger partial charge is 0.387 e. The molecule has 0 amide bonds. The van der Waals surface area contributed by atoms with Crippen molar-refractivity contribution >= 4 is 0 Å². The summed E-state index contributed by atoms with van der Waals surface area (Å²) in [5.74, 6) is 0. The number of hydrogen-bond acceptors (Lipinski definition) is 2. The van der Waals surface area contributed by atoms with Crippen LogP contribution in [0.4, 0.5) is 0 Å². The van der Waals surface area contributed by atoms with Gasteiger partial charge < -0.3 is 5.11 Å². The van der Waals surface area contributed by atoms with Gasteiger partial charge in [0, 0.05) is 12.6 Å². The number of benzene rings is 2. The number of likely N-dealkylation sites (N-methyl/N-ethyl adjacent to an activating group) is 1. The highest BCUT2D eigenvalue weighted by Crippen LogP contribution is 2.20. The molecule has 0 fully saturated rings. The molecule has 19 heavy (non-hydrogen) atoms. The first-order valence-electron chi connectivity index (χ1n) is 6.65. The molecule has 0 saturated heterocycles. The number of aliphatic hydroxyl groups is 1. The second kappa shape index (κ2) is 6.50. The summed E-state index contributed by atoms with van der Waals surface area (Å²) < 4.78 is 0. The van der Waals surface area contributed by atoms with Crippen LogP contribution in [-0.2, 0) is 6.54 Å². The van der Waals surface area contributed by atoms with Crippen LogP contribution in [0.25, 0.3) is 0 Å². The Balaban J connectivity index is 2.01. The summed E-state index contributed by atoms with van der Waals surface area (Å²) in [5.41, 5.74) is 2.23. The van der Waals surface area contributed by atoms with E-state index in [4.69, 9.17) is 0 Å². The van der Waals surface area contributed by atoms with Gasteiger partial charge in [0.1, 0.15) is 0 Å². The molecule has 2 nitrogen and oxygen atoms in total. The zero-order valence-corrected chi connectivity index (χ0v) is 11.5. The van der Waals surface area contributed by atoms with Crippen molar-refractivity contribution in [2.24, 2.45) is 0 Å². The minimum atomic E-state index is -0.463. The number of aliphatic hydroxyl groups excluding tert-OH is 1. The molecular weight excluding hydrogens is 234 g/mol. The van der Waals surface area contributed by atoms with Gasteiger partial charge in [-0.1, -0.05) is 60.7 Å². The van der Waals surface area contributed by atoms with Crippen LogP contribution in [0.1, 0.15) is 24.2 Å². The summed E-state index contributed by atoms with van der Waals surface area (Å²) in [6.45, 7) is 2.90. The van der Waals surface area contributed by atoms with Gasteiger partial charge in [-0.3, -0.25) is 4.90 Å². The summed E-state index contributed by atoms with van der Waals surface area (Å²) in [6, 6.07) is 20.2. The van der Waals surface area contributed by atoms with Crippen molar-refractivity contribution in [2.75, 3.05) is 7.05 Å². The van der Waals surface area contributed by atoms with Crippen LogP contribution in [0.5, 0.6) is 0 Å². The van der Waals surface area contributed by atoms with Crippen LogP contribution in [0, 0.1) is 0 Å². The Kier molecular flexibility index (Phi) is 4.72. The van der Waals surface area contributed by atoms with Gasteiger partial charge in [-0.25, -0.2) is 0 Å². The Labute approximate surface area is 115 Å². The van der Waals surface area contributed by atoms with Crippen molar-refractivity contribution in [1.82, 2.24) is 4.90 Å². The smallest absolute Gasteiger partial charge is 0.0942 e. The highest BCUT2D eigenvalue weighted by atomic mass is 16.3. The third-order valence-corrected chi connectivity index (χ3v) is 3.57. The topological polar surface area (TPSA) is 23.5 Å². The lowest BCUT2D eigenvalue weighted by atomic mass is 10.0. The van der Waals surface area contributed by atoms with E-state index in [1.54, 1.807) is 0 Å². The van der Waals surface area contributed by atoms with Gasteiger partial charge in [0.25, 0.3) is 0 Å². The average molecular weight is 255 g/mol. The van der Waals surface area contributed by atoms with E-state index in [0.29, 0.717) is 0 Å². The van der Waals surface area contributed by atoms with Crippen molar-refractivity contribution < 1.29 is 5.11 Å². The summed E-state index contributed by atoms with van der Waals surface area (Å²) >= 11 is 0. The third-order valence-electron chi connectivity index (χ3n) is 3.57. The molecule has 2 aromatic rings. The Morgan fingerprint density at radius 1 is 0.947 bits per heavy atom. The van der Waals surface area contributed by atoms with Crippen molar-refractivity contribution in [3.8, 4) is 0 Å². The summed E-state index contributed by atoms with van der Waals surface area (Å²) in [7, 11) is 2.05. The first-order valence-corrected chi connectivity index (χ1v) is 6.65. The summed E-state index contributed by atoms with van der Waals surface area (Å²) in [6.07, 6.45) is -0.463. The van der Waals surface area contributed by atoms with Crippen LogP contribution in [0.3, 0.4) is 0 Å². The quantitative estimate of drug-likeness (QED) is 0.886. The maximum atomic E-state index is 10.4. The fourth-order valence-electron chi connectivity index (χ4n) is 2.19. The van der Waals surface area contributed by atoms with E-state index in [-0.39, 0.29) is 6.04 Å². The molecule has 2 rings (SSSR count). The third kappa shape index (κ3) is 3.66. The molecule has 0 aliphatic carbocycles. The molecular formula is C17H21NO. The number of rotatable bonds is 5. The molecule has 1 N–H and O–H groups in total.